The molecular formula is C14H15N3O2S. The molecule has 0 saturated heterocycles. The van der Waals surface area contributed by atoms with Crippen LogP contribution in [0, 0.1) is 13.8 Å². The molecule has 0 aliphatic heterocycles. The van der Waals surface area contributed by atoms with Crippen LogP contribution in [0.4, 0.5) is 11.5 Å². The summed E-state index contributed by atoms with van der Waals surface area (Å²) in [5.41, 5.74) is 3.08. The van der Waals surface area contributed by atoms with Crippen LogP contribution in [0.25, 0.3) is 0 Å². The highest BCUT2D eigenvalue weighted by Gasteiger charge is 2.14. The Bertz CT molecular complexity index is 659. The number of carboxylic acid groups (broad SMARTS) is 1. The van der Waals surface area contributed by atoms with E-state index in [1.54, 1.807) is 0 Å². The smallest absolute Gasteiger partial charge is 0.341 e. The maximum absolute atomic E-state index is 11.2. The van der Waals surface area contributed by atoms with Gasteiger partial charge in [0.2, 0.25) is 0 Å². The Balaban J connectivity index is 2.43. The topological polar surface area (TPSA) is 75.1 Å². The fraction of sp³-hybridized carbons (Fsp3) is 0.214. The van der Waals surface area contributed by atoms with E-state index in [1.807, 2.05) is 38.3 Å². The van der Waals surface area contributed by atoms with Gasteiger partial charge in [0.25, 0.3) is 0 Å². The molecule has 20 heavy (non-hydrogen) atoms. The summed E-state index contributed by atoms with van der Waals surface area (Å²) in [6, 6.07) is 5.91. The predicted molar refractivity (Wildman–Crippen MR) is 80.0 cm³/mol. The highest BCUT2D eigenvalue weighted by molar-refractivity contribution is 7.98. The molecule has 0 aliphatic carbocycles. The maximum atomic E-state index is 11.2. The molecule has 0 saturated carbocycles. The van der Waals surface area contributed by atoms with E-state index in [0.717, 1.165) is 16.8 Å². The minimum atomic E-state index is -1.05. The van der Waals surface area contributed by atoms with Crippen molar-refractivity contribution in [1.29, 1.82) is 0 Å². The van der Waals surface area contributed by atoms with E-state index in [9.17, 15) is 9.90 Å². The number of aryl methyl sites for hydroxylation is 2. The monoisotopic (exact) mass is 289 g/mol. The van der Waals surface area contributed by atoms with E-state index in [0.29, 0.717) is 11.0 Å². The van der Waals surface area contributed by atoms with Crippen molar-refractivity contribution in [3.8, 4) is 0 Å². The molecule has 0 bridgehead atoms. The van der Waals surface area contributed by atoms with E-state index in [4.69, 9.17) is 0 Å². The Morgan fingerprint density at radius 1 is 1.35 bits per heavy atom. The number of benzene rings is 1. The van der Waals surface area contributed by atoms with Gasteiger partial charge in [0.05, 0.1) is 0 Å². The molecule has 0 fully saturated rings. The molecule has 2 N–H and O–H groups in total. The number of aromatic nitrogens is 2. The van der Waals surface area contributed by atoms with Gasteiger partial charge in [-0.1, -0.05) is 29.5 Å². The molecule has 0 spiro atoms. The van der Waals surface area contributed by atoms with Crippen LogP contribution < -0.4 is 5.32 Å². The van der Waals surface area contributed by atoms with Gasteiger partial charge in [-0.15, -0.1) is 0 Å². The average molecular weight is 289 g/mol. The van der Waals surface area contributed by atoms with Gasteiger partial charge < -0.3 is 10.4 Å². The first-order chi connectivity index (χ1) is 9.51. The lowest BCUT2D eigenvalue weighted by molar-refractivity contribution is 0.0697. The van der Waals surface area contributed by atoms with Crippen molar-refractivity contribution in [1.82, 2.24) is 9.97 Å². The Hall–Kier alpha value is -2.08. The largest absolute Gasteiger partial charge is 0.477 e. The Morgan fingerprint density at radius 3 is 2.70 bits per heavy atom. The second-order valence-corrected chi connectivity index (χ2v) is 5.14. The van der Waals surface area contributed by atoms with Crippen LogP contribution >= 0.6 is 11.8 Å². The Morgan fingerprint density at radius 2 is 2.10 bits per heavy atom. The molecule has 0 radical (unpaired) electrons. The lowest BCUT2D eigenvalue weighted by Gasteiger charge is -2.12. The lowest BCUT2D eigenvalue weighted by atomic mass is 10.1. The third kappa shape index (κ3) is 3.08. The highest BCUT2D eigenvalue weighted by atomic mass is 32.2. The summed E-state index contributed by atoms with van der Waals surface area (Å²) >= 11 is 1.37. The Labute approximate surface area is 121 Å². The SMILES string of the molecule is CSc1ncc(C(=O)O)c(Nc2ccc(C)cc2C)n1. The summed E-state index contributed by atoms with van der Waals surface area (Å²) in [7, 11) is 0. The molecule has 2 aromatic rings. The van der Waals surface area contributed by atoms with Gasteiger partial charge in [0.1, 0.15) is 11.4 Å². The summed E-state index contributed by atoms with van der Waals surface area (Å²) in [4.78, 5) is 19.4. The van der Waals surface area contributed by atoms with Crippen molar-refractivity contribution in [2.75, 3.05) is 11.6 Å². The van der Waals surface area contributed by atoms with Crippen molar-refractivity contribution in [3.05, 3.63) is 41.1 Å². The summed E-state index contributed by atoms with van der Waals surface area (Å²) in [5, 5.41) is 12.8. The standard InChI is InChI=1S/C14H15N3O2S/c1-8-4-5-11(9(2)6-8)16-12-10(13(18)19)7-15-14(17-12)20-3/h4-7H,1-3H3,(H,18,19)(H,15,16,17). The van der Waals surface area contributed by atoms with Crippen molar-refractivity contribution in [2.45, 2.75) is 19.0 Å². The molecule has 6 heteroatoms. The number of aromatic carboxylic acids is 1. The van der Waals surface area contributed by atoms with Crippen LogP contribution in [0.15, 0.2) is 29.6 Å². The molecule has 104 valence electrons. The normalized spacial score (nSPS) is 10.3. The molecule has 0 aliphatic rings. The Kier molecular flexibility index (Phi) is 4.24. The van der Waals surface area contributed by atoms with E-state index >= 15 is 0 Å². The van der Waals surface area contributed by atoms with Gasteiger partial charge >= 0.3 is 5.97 Å². The predicted octanol–water partition coefficient (Wildman–Crippen LogP) is 3.26. The molecular weight excluding hydrogens is 274 g/mol. The fourth-order valence-corrected chi connectivity index (χ4v) is 2.14. The molecule has 0 amide bonds. The van der Waals surface area contributed by atoms with Gasteiger partial charge in [-0.2, -0.15) is 0 Å². The highest BCUT2D eigenvalue weighted by Crippen LogP contribution is 2.24. The van der Waals surface area contributed by atoms with E-state index in [1.165, 1.54) is 18.0 Å². The number of anilines is 2. The number of rotatable bonds is 4. The van der Waals surface area contributed by atoms with Crippen molar-refractivity contribution in [3.63, 3.8) is 0 Å². The number of nitrogens with one attached hydrogen (secondary N) is 1. The van der Waals surface area contributed by atoms with Crippen LogP contribution in [-0.4, -0.2) is 27.3 Å². The van der Waals surface area contributed by atoms with Crippen LogP contribution in [0.5, 0.6) is 0 Å². The average Bonchev–Trinajstić information content (AvgIpc) is 2.41. The van der Waals surface area contributed by atoms with Gasteiger partial charge in [-0.05, 0) is 31.7 Å². The van der Waals surface area contributed by atoms with Gasteiger partial charge in [0, 0.05) is 11.9 Å². The van der Waals surface area contributed by atoms with Crippen LogP contribution in [0.3, 0.4) is 0 Å². The van der Waals surface area contributed by atoms with Crippen molar-refractivity contribution < 1.29 is 9.90 Å². The molecule has 1 heterocycles. The zero-order valence-electron chi connectivity index (χ0n) is 11.5. The zero-order valence-corrected chi connectivity index (χ0v) is 12.3. The maximum Gasteiger partial charge on any atom is 0.341 e. The number of nitrogens with zero attached hydrogens (tertiary/aromatic N) is 2. The summed E-state index contributed by atoms with van der Waals surface area (Å²) in [6.07, 6.45) is 3.17. The minimum Gasteiger partial charge on any atom is -0.477 e. The first kappa shape index (κ1) is 14.3. The third-order valence-electron chi connectivity index (χ3n) is 2.81. The number of carboxylic acids is 1. The fourth-order valence-electron chi connectivity index (χ4n) is 1.80. The number of hydrogen-bond donors (Lipinski definition) is 2. The lowest BCUT2D eigenvalue weighted by Crippen LogP contribution is -2.07. The molecule has 0 unspecified atom stereocenters. The van der Waals surface area contributed by atoms with E-state index in [-0.39, 0.29) is 5.56 Å². The number of carbonyl (C=O) groups is 1. The molecule has 5 nitrogen and oxygen atoms in total. The van der Waals surface area contributed by atoms with Crippen LogP contribution in [0.2, 0.25) is 0 Å². The van der Waals surface area contributed by atoms with Crippen LogP contribution in [-0.2, 0) is 0 Å². The summed E-state index contributed by atoms with van der Waals surface area (Å²) in [5.74, 6) is -0.742. The minimum absolute atomic E-state index is 0.0581. The van der Waals surface area contributed by atoms with Crippen molar-refractivity contribution in [2.24, 2.45) is 0 Å². The quantitative estimate of drug-likeness (QED) is 0.664. The molecule has 0 atom stereocenters. The number of hydrogen-bond acceptors (Lipinski definition) is 5. The summed E-state index contributed by atoms with van der Waals surface area (Å²) < 4.78 is 0. The first-order valence-corrected chi connectivity index (χ1v) is 7.22. The number of thioether (sulfide) groups is 1. The molecule has 2 rings (SSSR count). The second kappa shape index (κ2) is 5.92. The van der Waals surface area contributed by atoms with E-state index < -0.39 is 5.97 Å². The van der Waals surface area contributed by atoms with Gasteiger partial charge in [-0.25, -0.2) is 14.8 Å². The van der Waals surface area contributed by atoms with Crippen LogP contribution in [0.1, 0.15) is 21.5 Å². The van der Waals surface area contributed by atoms with E-state index in [2.05, 4.69) is 15.3 Å². The first-order valence-electron chi connectivity index (χ1n) is 6.00. The zero-order chi connectivity index (χ0) is 14.7. The van der Waals surface area contributed by atoms with Gasteiger partial charge in [-0.3, -0.25) is 0 Å². The third-order valence-corrected chi connectivity index (χ3v) is 3.38. The van der Waals surface area contributed by atoms with Gasteiger partial charge in [0.15, 0.2) is 5.16 Å². The summed E-state index contributed by atoms with van der Waals surface area (Å²) in [6.45, 7) is 3.97. The molecule has 1 aromatic carbocycles. The van der Waals surface area contributed by atoms with Crippen molar-refractivity contribution >= 4 is 29.2 Å². The molecule has 1 aromatic heterocycles. The second-order valence-electron chi connectivity index (χ2n) is 4.37.